The summed E-state index contributed by atoms with van der Waals surface area (Å²) in [4.78, 5) is 37.0. The Morgan fingerprint density at radius 1 is 0.971 bits per heavy atom. The highest BCUT2D eigenvalue weighted by Gasteiger charge is 2.13. The molecule has 0 radical (unpaired) electrons. The number of carbonyl (C=O) groups is 3. The number of esters is 1. The third kappa shape index (κ3) is 6.24. The number of pyridine rings is 1. The number of benzene rings is 2. The van der Waals surface area contributed by atoms with Crippen LogP contribution in [-0.4, -0.2) is 44.7 Å². The number of rotatable bonds is 9. The van der Waals surface area contributed by atoms with Crippen molar-refractivity contribution in [2.45, 2.75) is 18.6 Å². The van der Waals surface area contributed by atoms with Crippen LogP contribution in [0.5, 0.6) is 0 Å². The maximum Gasteiger partial charge on any atom is 0.338 e. The van der Waals surface area contributed by atoms with Crippen LogP contribution in [0.1, 0.15) is 33.2 Å². The molecule has 2 amide bonds. The summed E-state index contributed by atoms with van der Waals surface area (Å²) in [6, 6.07) is 19.6. The SMILES string of the molecule is CCOC(=O)c1cccc(NC(=O)CSc2nnc3ccc(C(=O)NCc4ccccc4)cn23)c1. The first-order valence-corrected chi connectivity index (χ1v) is 11.9. The van der Waals surface area contributed by atoms with Gasteiger partial charge in [-0.05, 0) is 42.8 Å². The van der Waals surface area contributed by atoms with Gasteiger partial charge in [-0.1, -0.05) is 48.2 Å². The molecule has 2 N–H and O–H groups in total. The van der Waals surface area contributed by atoms with E-state index in [0.717, 1.165) is 5.56 Å². The number of hydrogen-bond acceptors (Lipinski definition) is 7. The van der Waals surface area contributed by atoms with Crippen LogP contribution in [0.3, 0.4) is 0 Å². The summed E-state index contributed by atoms with van der Waals surface area (Å²) in [5.41, 5.74) is 2.87. The van der Waals surface area contributed by atoms with E-state index >= 15 is 0 Å². The number of nitrogens with one attached hydrogen (secondary N) is 2. The maximum absolute atomic E-state index is 12.6. The number of thioether (sulfide) groups is 1. The molecule has 4 aromatic rings. The summed E-state index contributed by atoms with van der Waals surface area (Å²) in [6.07, 6.45) is 1.65. The van der Waals surface area contributed by atoms with Gasteiger partial charge in [-0.25, -0.2) is 4.79 Å². The van der Waals surface area contributed by atoms with E-state index in [0.29, 0.717) is 34.2 Å². The topological polar surface area (TPSA) is 115 Å². The lowest BCUT2D eigenvalue weighted by Crippen LogP contribution is -2.23. The molecule has 2 aromatic carbocycles. The minimum Gasteiger partial charge on any atom is -0.462 e. The van der Waals surface area contributed by atoms with Crippen LogP contribution in [-0.2, 0) is 16.1 Å². The van der Waals surface area contributed by atoms with Crippen molar-refractivity contribution in [2.75, 3.05) is 17.7 Å². The van der Waals surface area contributed by atoms with E-state index in [9.17, 15) is 14.4 Å². The number of aromatic nitrogens is 3. The molecule has 2 aromatic heterocycles. The predicted octanol–water partition coefficient (Wildman–Crippen LogP) is 3.57. The molecule has 9 nitrogen and oxygen atoms in total. The van der Waals surface area contributed by atoms with Crippen molar-refractivity contribution in [1.82, 2.24) is 19.9 Å². The van der Waals surface area contributed by atoms with Crippen LogP contribution in [0, 0.1) is 0 Å². The highest BCUT2D eigenvalue weighted by molar-refractivity contribution is 7.99. The lowest BCUT2D eigenvalue weighted by molar-refractivity contribution is -0.113. The zero-order valence-corrected chi connectivity index (χ0v) is 19.7. The van der Waals surface area contributed by atoms with Gasteiger partial charge in [0, 0.05) is 18.4 Å². The Morgan fingerprint density at radius 3 is 2.60 bits per heavy atom. The number of fused-ring (bicyclic) bond motifs is 1. The van der Waals surface area contributed by atoms with Gasteiger partial charge in [-0.3, -0.25) is 14.0 Å². The molecule has 0 saturated carbocycles. The highest BCUT2D eigenvalue weighted by Crippen LogP contribution is 2.19. The normalized spacial score (nSPS) is 10.7. The van der Waals surface area contributed by atoms with Gasteiger partial charge >= 0.3 is 5.97 Å². The smallest absolute Gasteiger partial charge is 0.338 e. The zero-order valence-electron chi connectivity index (χ0n) is 18.9. The summed E-state index contributed by atoms with van der Waals surface area (Å²) >= 11 is 1.19. The van der Waals surface area contributed by atoms with Crippen molar-refractivity contribution in [2.24, 2.45) is 0 Å². The monoisotopic (exact) mass is 489 g/mol. The van der Waals surface area contributed by atoms with Gasteiger partial charge < -0.3 is 15.4 Å². The minimum absolute atomic E-state index is 0.0643. The third-order valence-corrected chi connectivity index (χ3v) is 5.86. The number of carbonyl (C=O) groups excluding carboxylic acids is 3. The Bertz CT molecular complexity index is 1360. The maximum atomic E-state index is 12.6. The first kappa shape index (κ1) is 24.0. The predicted molar refractivity (Wildman–Crippen MR) is 132 cm³/mol. The molecule has 10 heteroatoms. The second-order valence-corrected chi connectivity index (χ2v) is 8.38. The first-order chi connectivity index (χ1) is 17.0. The van der Waals surface area contributed by atoms with E-state index in [1.165, 1.54) is 11.8 Å². The second-order valence-electron chi connectivity index (χ2n) is 7.43. The van der Waals surface area contributed by atoms with Gasteiger partial charge in [0.1, 0.15) is 0 Å². The molecule has 0 aliphatic heterocycles. The molecular formula is C25H23N5O4S. The van der Waals surface area contributed by atoms with Crippen LogP contribution >= 0.6 is 11.8 Å². The number of ether oxygens (including phenoxy) is 1. The largest absolute Gasteiger partial charge is 0.462 e. The molecule has 2 heterocycles. The molecule has 0 aliphatic carbocycles. The molecule has 0 bridgehead atoms. The molecule has 4 rings (SSSR count). The van der Waals surface area contributed by atoms with Crippen molar-refractivity contribution in [3.05, 3.63) is 89.6 Å². The summed E-state index contributed by atoms with van der Waals surface area (Å²) in [5, 5.41) is 14.4. The number of nitrogens with zero attached hydrogens (tertiary/aromatic N) is 3. The van der Waals surface area contributed by atoms with Crippen molar-refractivity contribution < 1.29 is 19.1 Å². The van der Waals surface area contributed by atoms with Crippen molar-refractivity contribution >= 4 is 40.9 Å². The van der Waals surface area contributed by atoms with Gasteiger partial charge in [0.2, 0.25) is 5.91 Å². The summed E-state index contributed by atoms with van der Waals surface area (Å²) in [5.74, 6) is -0.879. The fourth-order valence-corrected chi connectivity index (χ4v) is 3.96. The lowest BCUT2D eigenvalue weighted by atomic mass is 10.2. The van der Waals surface area contributed by atoms with Gasteiger partial charge in [-0.15, -0.1) is 10.2 Å². The standard InChI is InChI=1S/C25H23N5O4S/c1-2-34-24(33)18-9-6-10-20(13-18)27-22(31)16-35-25-29-28-21-12-11-19(15-30(21)25)23(32)26-14-17-7-4-3-5-8-17/h3-13,15H,2,14,16H2,1H3,(H,26,32)(H,27,31). The number of amides is 2. The van der Waals surface area contributed by atoms with Crippen molar-refractivity contribution in [3.63, 3.8) is 0 Å². The molecule has 0 saturated heterocycles. The van der Waals surface area contributed by atoms with Gasteiger partial charge in [-0.2, -0.15) is 0 Å². The first-order valence-electron chi connectivity index (χ1n) is 10.9. The van der Waals surface area contributed by atoms with Gasteiger partial charge in [0.25, 0.3) is 5.91 Å². The Labute approximate surface area is 205 Å². The molecule has 0 fully saturated rings. The summed E-state index contributed by atoms with van der Waals surface area (Å²) in [6.45, 7) is 2.42. The zero-order chi connectivity index (χ0) is 24.6. The average molecular weight is 490 g/mol. The quantitative estimate of drug-likeness (QED) is 0.273. The minimum atomic E-state index is -0.448. The van der Waals surface area contributed by atoms with E-state index < -0.39 is 5.97 Å². The molecule has 35 heavy (non-hydrogen) atoms. The Hall–Kier alpha value is -4.18. The third-order valence-electron chi connectivity index (χ3n) is 4.92. The van der Waals surface area contributed by atoms with Crippen LogP contribution < -0.4 is 10.6 Å². The fraction of sp³-hybridized carbons (Fsp3) is 0.160. The van der Waals surface area contributed by atoms with E-state index in [2.05, 4.69) is 20.8 Å². The van der Waals surface area contributed by atoms with Gasteiger partial charge in [0.05, 0.1) is 23.5 Å². The summed E-state index contributed by atoms with van der Waals surface area (Å²) in [7, 11) is 0. The average Bonchev–Trinajstić information content (AvgIpc) is 3.29. The van der Waals surface area contributed by atoms with E-state index in [4.69, 9.17) is 4.74 Å². The Morgan fingerprint density at radius 2 is 1.80 bits per heavy atom. The van der Waals surface area contributed by atoms with Gasteiger partial charge in [0.15, 0.2) is 10.8 Å². The van der Waals surface area contributed by atoms with Crippen LogP contribution in [0.4, 0.5) is 5.69 Å². The van der Waals surface area contributed by atoms with E-state index in [-0.39, 0.29) is 24.2 Å². The van der Waals surface area contributed by atoms with Crippen molar-refractivity contribution in [3.8, 4) is 0 Å². The molecule has 178 valence electrons. The number of anilines is 1. The summed E-state index contributed by atoms with van der Waals surface area (Å²) < 4.78 is 6.66. The van der Waals surface area contributed by atoms with E-state index in [1.807, 2.05) is 30.3 Å². The Kier molecular flexibility index (Phi) is 7.74. The molecule has 0 atom stereocenters. The molecule has 0 spiro atoms. The molecule has 0 aliphatic rings. The van der Waals surface area contributed by atoms with Crippen LogP contribution in [0.15, 0.2) is 78.1 Å². The highest BCUT2D eigenvalue weighted by atomic mass is 32.2. The Balaban J connectivity index is 1.38. The second kappa shape index (κ2) is 11.3. The van der Waals surface area contributed by atoms with E-state index in [1.54, 1.807) is 53.9 Å². The molecule has 0 unspecified atom stereocenters. The lowest BCUT2D eigenvalue weighted by Gasteiger charge is -2.08. The van der Waals surface area contributed by atoms with Crippen LogP contribution in [0.25, 0.3) is 5.65 Å². The fourth-order valence-electron chi connectivity index (χ4n) is 3.25. The molecular weight excluding hydrogens is 466 g/mol. The van der Waals surface area contributed by atoms with Crippen molar-refractivity contribution in [1.29, 1.82) is 0 Å². The number of hydrogen-bond donors (Lipinski definition) is 2. The van der Waals surface area contributed by atoms with Crippen LogP contribution in [0.2, 0.25) is 0 Å².